The quantitative estimate of drug-likeness (QED) is 0.844. The predicted octanol–water partition coefficient (Wildman–Crippen LogP) is 2.00. The van der Waals surface area contributed by atoms with Crippen LogP contribution in [-0.2, 0) is 22.9 Å². The molecular formula is C15H23NO3S. The Morgan fingerprint density at radius 1 is 1.30 bits per heavy atom. The summed E-state index contributed by atoms with van der Waals surface area (Å²) in [7, 11) is -3.54. The maximum atomic E-state index is 12.3. The second-order valence-corrected chi connectivity index (χ2v) is 7.62. The Labute approximate surface area is 121 Å². The van der Waals surface area contributed by atoms with E-state index in [2.05, 4.69) is 4.72 Å². The van der Waals surface area contributed by atoms with Gasteiger partial charge in [-0.2, -0.15) is 0 Å². The molecule has 1 aromatic rings. The zero-order valence-corrected chi connectivity index (χ0v) is 13.0. The summed E-state index contributed by atoms with van der Waals surface area (Å²) >= 11 is 0. The lowest BCUT2D eigenvalue weighted by Crippen LogP contribution is -2.40. The van der Waals surface area contributed by atoms with Crippen LogP contribution in [0.15, 0.2) is 23.1 Å². The van der Waals surface area contributed by atoms with Gasteiger partial charge < -0.3 is 5.11 Å². The molecule has 4 nitrogen and oxygen atoms in total. The summed E-state index contributed by atoms with van der Waals surface area (Å²) < 4.78 is 27.0. The van der Waals surface area contributed by atoms with Gasteiger partial charge in [0.15, 0.2) is 0 Å². The molecule has 0 saturated heterocycles. The summed E-state index contributed by atoms with van der Waals surface area (Å²) in [5, 5.41) is 10.1. The van der Waals surface area contributed by atoms with Crippen LogP contribution in [0, 0.1) is 0 Å². The largest absolute Gasteiger partial charge is 0.389 e. The third kappa shape index (κ3) is 3.59. The lowest BCUT2D eigenvalue weighted by Gasteiger charge is -2.23. The first kappa shape index (κ1) is 15.5. The van der Waals surface area contributed by atoms with E-state index < -0.39 is 15.6 Å². The Morgan fingerprint density at radius 2 is 2.00 bits per heavy atom. The zero-order chi connectivity index (χ0) is 14.8. The molecule has 5 heteroatoms. The molecule has 0 amide bonds. The highest BCUT2D eigenvalue weighted by Crippen LogP contribution is 2.24. The second kappa shape index (κ2) is 5.84. The van der Waals surface area contributed by atoms with Crippen molar-refractivity contribution in [3.63, 3.8) is 0 Å². The molecule has 1 aromatic carbocycles. The van der Waals surface area contributed by atoms with Gasteiger partial charge in [-0.3, -0.25) is 0 Å². The topological polar surface area (TPSA) is 66.4 Å². The third-order valence-corrected chi connectivity index (χ3v) is 5.21. The molecule has 20 heavy (non-hydrogen) atoms. The smallest absolute Gasteiger partial charge is 0.240 e. The molecule has 2 N–H and O–H groups in total. The first-order valence-electron chi connectivity index (χ1n) is 7.18. The fourth-order valence-corrected chi connectivity index (χ4v) is 3.89. The van der Waals surface area contributed by atoms with Gasteiger partial charge in [0, 0.05) is 6.54 Å². The Balaban J connectivity index is 2.11. The van der Waals surface area contributed by atoms with Crippen LogP contribution >= 0.6 is 0 Å². The van der Waals surface area contributed by atoms with E-state index in [1.807, 2.05) is 13.0 Å². The first-order valence-corrected chi connectivity index (χ1v) is 8.66. The number of rotatable bonds is 6. The molecule has 0 aromatic heterocycles. The van der Waals surface area contributed by atoms with Gasteiger partial charge >= 0.3 is 0 Å². The van der Waals surface area contributed by atoms with E-state index in [4.69, 9.17) is 0 Å². The molecule has 0 saturated carbocycles. The Kier molecular flexibility index (Phi) is 4.52. The molecule has 1 aliphatic carbocycles. The van der Waals surface area contributed by atoms with Crippen molar-refractivity contribution < 1.29 is 13.5 Å². The summed E-state index contributed by atoms with van der Waals surface area (Å²) in [5.41, 5.74) is 1.38. The Hall–Kier alpha value is -0.910. The molecule has 0 heterocycles. The highest BCUT2D eigenvalue weighted by atomic mass is 32.2. The monoisotopic (exact) mass is 297 g/mol. The van der Waals surface area contributed by atoms with Crippen LogP contribution in [-0.4, -0.2) is 25.7 Å². The highest BCUT2D eigenvalue weighted by Gasteiger charge is 2.24. The molecule has 0 aliphatic heterocycles. The van der Waals surface area contributed by atoms with Gasteiger partial charge in [0.2, 0.25) is 10.0 Å². The zero-order valence-electron chi connectivity index (χ0n) is 12.1. The Bertz CT molecular complexity index is 579. The van der Waals surface area contributed by atoms with E-state index in [0.717, 1.165) is 31.2 Å². The van der Waals surface area contributed by atoms with E-state index >= 15 is 0 Å². The fourth-order valence-electron chi connectivity index (χ4n) is 2.68. The molecule has 1 aliphatic rings. The van der Waals surface area contributed by atoms with Crippen LogP contribution in [0.3, 0.4) is 0 Å². The standard InChI is InChI=1S/C15H23NO3S/c1-3-9-15(2,17)11-16-20(18,19)14-8-7-12-5-4-6-13(12)10-14/h7-8,10,16-17H,3-6,9,11H2,1-2H3. The van der Waals surface area contributed by atoms with Crippen molar-refractivity contribution >= 4 is 10.0 Å². The number of hydrogen-bond donors (Lipinski definition) is 2. The predicted molar refractivity (Wildman–Crippen MR) is 79.2 cm³/mol. The lowest BCUT2D eigenvalue weighted by atomic mass is 10.0. The normalized spacial score (nSPS) is 17.8. The molecule has 0 fully saturated rings. The lowest BCUT2D eigenvalue weighted by molar-refractivity contribution is 0.0554. The van der Waals surface area contributed by atoms with Gasteiger partial charge in [0.1, 0.15) is 0 Å². The van der Waals surface area contributed by atoms with Crippen molar-refractivity contribution in [1.82, 2.24) is 4.72 Å². The molecule has 1 atom stereocenters. The fraction of sp³-hybridized carbons (Fsp3) is 0.600. The summed E-state index contributed by atoms with van der Waals surface area (Å²) in [6, 6.07) is 5.32. The molecule has 0 radical (unpaired) electrons. The second-order valence-electron chi connectivity index (χ2n) is 5.86. The molecule has 2 rings (SSSR count). The summed E-state index contributed by atoms with van der Waals surface area (Å²) in [5.74, 6) is 0. The third-order valence-electron chi connectivity index (χ3n) is 3.81. The minimum atomic E-state index is -3.54. The van der Waals surface area contributed by atoms with Gasteiger partial charge in [-0.15, -0.1) is 0 Å². The van der Waals surface area contributed by atoms with Crippen molar-refractivity contribution in [2.75, 3.05) is 6.54 Å². The SMILES string of the molecule is CCCC(C)(O)CNS(=O)(=O)c1ccc2c(c1)CCC2. The maximum absolute atomic E-state index is 12.3. The number of aliphatic hydroxyl groups is 1. The number of aryl methyl sites for hydroxylation is 2. The molecule has 1 unspecified atom stereocenters. The minimum absolute atomic E-state index is 0.0419. The van der Waals surface area contributed by atoms with Crippen LogP contribution < -0.4 is 4.72 Å². The summed E-state index contributed by atoms with van der Waals surface area (Å²) in [4.78, 5) is 0.297. The number of hydrogen-bond acceptors (Lipinski definition) is 3. The van der Waals surface area contributed by atoms with Gasteiger partial charge in [0.25, 0.3) is 0 Å². The van der Waals surface area contributed by atoms with E-state index in [9.17, 15) is 13.5 Å². The van der Waals surface area contributed by atoms with Gasteiger partial charge in [0.05, 0.1) is 10.5 Å². The average molecular weight is 297 g/mol. The molecule has 112 valence electrons. The van der Waals surface area contributed by atoms with Crippen LogP contribution in [0.4, 0.5) is 0 Å². The first-order chi connectivity index (χ1) is 9.34. The average Bonchev–Trinajstić information content (AvgIpc) is 2.84. The van der Waals surface area contributed by atoms with Crippen LogP contribution in [0.5, 0.6) is 0 Å². The van der Waals surface area contributed by atoms with Crippen molar-refractivity contribution in [1.29, 1.82) is 0 Å². The van der Waals surface area contributed by atoms with Gasteiger partial charge in [-0.1, -0.05) is 19.4 Å². The van der Waals surface area contributed by atoms with E-state index in [0.29, 0.717) is 11.3 Å². The van der Waals surface area contributed by atoms with E-state index in [-0.39, 0.29) is 6.54 Å². The van der Waals surface area contributed by atoms with Crippen molar-refractivity contribution in [3.05, 3.63) is 29.3 Å². The van der Waals surface area contributed by atoms with E-state index in [1.165, 1.54) is 5.56 Å². The number of sulfonamides is 1. The highest BCUT2D eigenvalue weighted by molar-refractivity contribution is 7.89. The van der Waals surface area contributed by atoms with Gasteiger partial charge in [-0.05, 0) is 55.9 Å². The molecular weight excluding hydrogens is 274 g/mol. The van der Waals surface area contributed by atoms with Crippen molar-refractivity contribution in [2.45, 2.75) is 56.4 Å². The molecule has 0 bridgehead atoms. The number of fused-ring (bicyclic) bond motifs is 1. The molecule has 0 spiro atoms. The van der Waals surface area contributed by atoms with Crippen LogP contribution in [0.1, 0.15) is 44.2 Å². The van der Waals surface area contributed by atoms with Crippen molar-refractivity contribution in [2.24, 2.45) is 0 Å². The Morgan fingerprint density at radius 3 is 2.70 bits per heavy atom. The summed E-state index contributed by atoms with van der Waals surface area (Å²) in [6.45, 7) is 3.66. The van der Waals surface area contributed by atoms with Crippen LogP contribution in [0.2, 0.25) is 0 Å². The maximum Gasteiger partial charge on any atom is 0.240 e. The minimum Gasteiger partial charge on any atom is -0.389 e. The summed E-state index contributed by atoms with van der Waals surface area (Å²) in [6.07, 6.45) is 4.46. The number of nitrogens with one attached hydrogen (secondary N) is 1. The van der Waals surface area contributed by atoms with Gasteiger partial charge in [-0.25, -0.2) is 13.1 Å². The van der Waals surface area contributed by atoms with Crippen molar-refractivity contribution in [3.8, 4) is 0 Å². The number of benzene rings is 1. The van der Waals surface area contributed by atoms with Crippen LogP contribution in [0.25, 0.3) is 0 Å². The van der Waals surface area contributed by atoms with E-state index in [1.54, 1.807) is 19.1 Å².